The molecule has 0 aromatic heterocycles. The van der Waals surface area contributed by atoms with Gasteiger partial charge < -0.3 is 4.90 Å². The van der Waals surface area contributed by atoms with Crippen molar-refractivity contribution in [1.82, 2.24) is 10.2 Å². The van der Waals surface area contributed by atoms with Gasteiger partial charge in [0.2, 0.25) is 11.8 Å². The third kappa shape index (κ3) is 2.27. The maximum absolute atomic E-state index is 12.6. The summed E-state index contributed by atoms with van der Waals surface area (Å²) in [7, 11) is 0. The second kappa shape index (κ2) is 5.26. The van der Waals surface area contributed by atoms with Gasteiger partial charge in [-0.2, -0.15) is 0 Å². The second-order valence-corrected chi connectivity index (χ2v) is 6.25. The minimum atomic E-state index is -0.564. The first-order valence-corrected chi connectivity index (χ1v) is 7.78. The van der Waals surface area contributed by atoms with Gasteiger partial charge in [-0.15, -0.1) is 0 Å². The van der Waals surface area contributed by atoms with E-state index < -0.39 is 6.04 Å². The van der Waals surface area contributed by atoms with Crippen LogP contribution in [0.3, 0.4) is 0 Å². The van der Waals surface area contributed by atoms with Crippen molar-refractivity contribution < 1.29 is 14.4 Å². The third-order valence-corrected chi connectivity index (χ3v) is 4.60. The zero-order valence-electron chi connectivity index (χ0n) is 11.6. The predicted molar refractivity (Wildman–Crippen MR) is 79.5 cm³/mol. The summed E-state index contributed by atoms with van der Waals surface area (Å²) in [6, 6.07) is 4.88. The number of fused-ring (bicyclic) bond motifs is 1. The van der Waals surface area contributed by atoms with Crippen molar-refractivity contribution in [3.63, 3.8) is 0 Å². The van der Waals surface area contributed by atoms with Gasteiger partial charge >= 0.3 is 0 Å². The maximum Gasteiger partial charge on any atom is 0.255 e. The number of carbonyl (C=O) groups is 3. The van der Waals surface area contributed by atoms with Crippen LogP contribution in [0.4, 0.5) is 0 Å². The number of imide groups is 1. The molecule has 2 unspecified atom stereocenters. The molecule has 2 atom stereocenters. The highest BCUT2D eigenvalue weighted by molar-refractivity contribution is 9.10. The Labute approximate surface area is 130 Å². The maximum atomic E-state index is 12.6. The molecule has 0 saturated carbocycles. The number of piperidine rings is 1. The third-order valence-electron chi connectivity index (χ3n) is 4.11. The highest BCUT2D eigenvalue weighted by Crippen LogP contribution is 2.39. The summed E-state index contributed by atoms with van der Waals surface area (Å²) in [5.41, 5.74) is 1.59. The molecule has 21 heavy (non-hydrogen) atoms. The zero-order chi connectivity index (χ0) is 15.1. The van der Waals surface area contributed by atoms with Gasteiger partial charge in [-0.05, 0) is 36.6 Å². The summed E-state index contributed by atoms with van der Waals surface area (Å²) in [6.07, 6.45) is 1.39. The fourth-order valence-corrected chi connectivity index (χ4v) is 3.54. The molecule has 1 N–H and O–H groups in total. The molecular weight excluding hydrogens is 336 g/mol. The molecule has 2 aliphatic rings. The molecular formula is C15H15BrN2O3. The van der Waals surface area contributed by atoms with Crippen LogP contribution in [0.1, 0.15) is 48.1 Å². The molecule has 2 heterocycles. The number of nitrogens with zero attached hydrogens (tertiary/aromatic N) is 1. The van der Waals surface area contributed by atoms with E-state index in [2.05, 4.69) is 21.2 Å². The van der Waals surface area contributed by atoms with Crippen molar-refractivity contribution in [2.24, 2.45) is 0 Å². The van der Waals surface area contributed by atoms with Crippen LogP contribution < -0.4 is 5.32 Å². The van der Waals surface area contributed by atoms with Crippen LogP contribution in [0.15, 0.2) is 22.7 Å². The van der Waals surface area contributed by atoms with E-state index in [1.54, 1.807) is 11.0 Å². The highest BCUT2D eigenvalue weighted by Gasteiger charge is 2.44. The Balaban J connectivity index is 1.99. The fourth-order valence-electron chi connectivity index (χ4n) is 3.16. The largest absolute Gasteiger partial charge is 0.320 e. The van der Waals surface area contributed by atoms with Crippen molar-refractivity contribution >= 4 is 33.7 Å². The van der Waals surface area contributed by atoms with Gasteiger partial charge in [0.15, 0.2) is 0 Å². The molecule has 3 amide bonds. The van der Waals surface area contributed by atoms with E-state index in [1.807, 2.05) is 19.1 Å². The van der Waals surface area contributed by atoms with Crippen LogP contribution in [-0.4, -0.2) is 28.7 Å². The predicted octanol–water partition coefficient (Wildman–Crippen LogP) is 2.16. The molecule has 3 rings (SSSR count). The SMILES string of the molecule is CCC1c2cc(Br)ccc2C(=O)N1C1CCC(=O)NC1=O. The van der Waals surface area contributed by atoms with Gasteiger partial charge in [0.1, 0.15) is 6.04 Å². The van der Waals surface area contributed by atoms with Crippen LogP contribution in [0.25, 0.3) is 0 Å². The van der Waals surface area contributed by atoms with Gasteiger partial charge in [0.05, 0.1) is 6.04 Å². The lowest BCUT2D eigenvalue weighted by Gasteiger charge is -2.34. The number of halogens is 1. The van der Waals surface area contributed by atoms with Crippen molar-refractivity contribution in [3.8, 4) is 0 Å². The average molecular weight is 351 g/mol. The van der Waals surface area contributed by atoms with Gasteiger partial charge in [0.25, 0.3) is 5.91 Å². The molecule has 0 bridgehead atoms. The lowest BCUT2D eigenvalue weighted by Crippen LogP contribution is -2.53. The quantitative estimate of drug-likeness (QED) is 0.831. The monoisotopic (exact) mass is 350 g/mol. The van der Waals surface area contributed by atoms with Crippen molar-refractivity contribution in [2.45, 2.75) is 38.3 Å². The van der Waals surface area contributed by atoms with Gasteiger partial charge in [-0.1, -0.05) is 22.9 Å². The molecule has 0 aliphatic carbocycles. The van der Waals surface area contributed by atoms with Crippen molar-refractivity contribution in [2.75, 3.05) is 0 Å². The van der Waals surface area contributed by atoms with Gasteiger partial charge in [-0.3, -0.25) is 19.7 Å². The Bertz CT molecular complexity index is 644. The molecule has 1 fully saturated rings. The summed E-state index contributed by atoms with van der Waals surface area (Å²) in [4.78, 5) is 37.7. The minimum Gasteiger partial charge on any atom is -0.320 e. The Hall–Kier alpha value is -1.69. The normalized spacial score (nSPS) is 25.0. The standard InChI is InChI=1S/C15H15BrN2O3/c1-2-11-10-7-8(16)3-4-9(10)15(21)18(11)12-5-6-13(19)17-14(12)20/h3-4,7,11-12H,2,5-6H2,1H3,(H,17,19,20). The summed E-state index contributed by atoms with van der Waals surface area (Å²) in [5.74, 6) is -0.764. The number of benzene rings is 1. The number of carbonyl (C=O) groups excluding carboxylic acids is 3. The molecule has 110 valence electrons. The van der Waals surface area contributed by atoms with E-state index in [1.165, 1.54) is 0 Å². The first-order valence-electron chi connectivity index (χ1n) is 6.98. The first kappa shape index (κ1) is 14.3. The van der Waals surface area contributed by atoms with E-state index in [0.717, 1.165) is 16.5 Å². The number of hydrogen-bond acceptors (Lipinski definition) is 3. The lowest BCUT2D eigenvalue weighted by molar-refractivity contribution is -0.137. The second-order valence-electron chi connectivity index (χ2n) is 5.33. The Morgan fingerprint density at radius 2 is 2.10 bits per heavy atom. The first-order chi connectivity index (χ1) is 10.0. The lowest BCUT2D eigenvalue weighted by atomic mass is 10.00. The molecule has 1 saturated heterocycles. The van der Waals surface area contributed by atoms with E-state index in [4.69, 9.17) is 0 Å². The van der Waals surface area contributed by atoms with Crippen molar-refractivity contribution in [1.29, 1.82) is 0 Å². The molecule has 2 aliphatic heterocycles. The van der Waals surface area contributed by atoms with Crippen LogP contribution in [0.2, 0.25) is 0 Å². The smallest absolute Gasteiger partial charge is 0.255 e. The summed E-state index contributed by atoms with van der Waals surface area (Å²) in [5, 5.41) is 2.33. The Kier molecular flexibility index (Phi) is 3.57. The topological polar surface area (TPSA) is 66.5 Å². The number of hydrogen-bond donors (Lipinski definition) is 1. The van der Waals surface area contributed by atoms with Crippen LogP contribution in [0.5, 0.6) is 0 Å². The fraction of sp³-hybridized carbons (Fsp3) is 0.400. The van der Waals surface area contributed by atoms with E-state index in [-0.39, 0.29) is 30.2 Å². The Morgan fingerprint density at radius 3 is 2.76 bits per heavy atom. The molecule has 1 aromatic rings. The zero-order valence-corrected chi connectivity index (χ0v) is 13.1. The van der Waals surface area contributed by atoms with Crippen molar-refractivity contribution in [3.05, 3.63) is 33.8 Å². The summed E-state index contributed by atoms with van der Waals surface area (Å²) < 4.78 is 0.914. The summed E-state index contributed by atoms with van der Waals surface area (Å²) in [6.45, 7) is 1.99. The Morgan fingerprint density at radius 1 is 1.33 bits per heavy atom. The molecule has 0 spiro atoms. The average Bonchev–Trinajstić information content (AvgIpc) is 2.71. The van der Waals surface area contributed by atoms with Gasteiger partial charge in [-0.25, -0.2) is 0 Å². The molecule has 1 aromatic carbocycles. The highest BCUT2D eigenvalue weighted by atomic mass is 79.9. The van der Waals surface area contributed by atoms with Crippen LogP contribution in [0, 0.1) is 0 Å². The molecule has 5 nitrogen and oxygen atoms in total. The molecule has 6 heteroatoms. The number of rotatable bonds is 2. The van der Waals surface area contributed by atoms with E-state index in [9.17, 15) is 14.4 Å². The van der Waals surface area contributed by atoms with E-state index >= 15 is 0 Å². The van der Waals surface area contributed by atoms with E-state index in [0.29, 0.717) is 12.0 Å². The summed E-state index contributed by atoms with van der Waals surface area (Å²) >= 11 is 3.42. The number of nitrogens with one attached hydrogen (secondary N) is 1. The van der Waals surface area contributed by atoms with Gasteiger partial charge in [0, 0.05) is 16.5 Å². The number of amides is 3. The molecule has 0 radical (unpaired) electrons. The minimum absolute atomic E-state index is 0.117. The van der Waals surface area contributed by atoms with Crippen LogP contribution >= 0.6 is 15.9 Å². The van der Waals surface area contributed by atoms with Crippen LogP contribution in [-0.2, 0) is 9.59 Å².